The smallest absolute Gasteiger partial charge is 0.328 e. The van der Waals surface area contributed by atoms with Crippen LogP contribution < -0.4 is 16.0 Å². The Hall–Kier alpha value is -2.41. The van der Waals surface area contributed by atoms with Crippen LogP contribution in [0, 0.1) is 5.92 Å². The van der Waals surface area contributed by atoms with Crippen molar-refractivity contribution in [2.24, 2.45) is 5.92 Å². The van der Waals surface area contributed by atoms with Gasteiger partial charge in [-0.1, -0.05) is 0 Å². The van der Waals surface area contributed by atoms with Gasteiger partial charge in [0.25, 0.3) is 5.91 Å². The van der Waals surface area contributed by atoms with Crippen molar-refractivity contribution in [3.63, 3.8) is 0 Å². The number of hydrogen-bond acceptors (Lipinski definition) is 5. The number of carbonyl (C=O) groups is 3. The number of ether oxygens (including phenoxy) is 1. The summed E-state index contributed by atoms with van der Waals surface area (Å²) in [4.78, 5) is 35.6. The van der Waals surface area contributed by atoms with Gasteiger partial charge < -0.3 is 20.7 Å². The van der Waals surface area contributed by atoms with Crippen molar-refractivity contribution in [2.75, 3.05) is 25.0 Å². The number of nitrogens with one attached hydrogen (secondary N) is 3. The topological polar surface area (TPSA) is 96.5 Å². The summed E-state index contributed by atoms with van der Waals surface area (Å²) in [5.74, 6) is -0.875. The molecule has 3 N–H and O–H groups in total. The molecule has 1 heterocycles. The van der Waals surface area contributed by atoms with Gasteiger partial charge in [0.2, 0.25) is 5.91 Å². The van der Waals surface area contributed by atoms with E-state index in [0.717, 1.165) is 13.0 Å². The molecule has 0 spiro atoms. The first-order valence-corrected chi connectivity index (χ1v) is 8.10. The van der Waals surface area contributed by atoms with Crippen LogP contribution in [-0.4, -0.2) is 43.5 Å². The Morgan fingerprint density at radius 2 is 2.00 bits per heavy atom. The lowest BCUT2D eigenvalue weighted by Gasteiger charge is -2.13. The average Bonchev–Trinajstić information content (AvgIpc) is 3.10. The highest BCUT2D eigenvalue weighted by Crippen LogP contribution is 2.14. The number of rotatable bonds is 6. The van der Waals surface area contributed by atoms with Crippen LogP contribution in [-0.2, 0) is 14.3 Å². The Morgan fingerprint density at radius 1 is 1.29 bits per heavy atom. The predicted octanol–water partition coefficient (Wildman–Crippen LogP) is 0.916. The molecule has 2 rings (SSSR count). The number of carbonyl (C=O) groups excluding carboxylic acids is 3. The lowest BCUT2D eigenvalue weighted by molar-refractivity contribution is -0.144. The van der Waals surface area contributed by atoms with Crippen molar-refractivity contribution in [1.82, 2.24) is 10.6 Å². The first-order chi connectivity index (χ1) is 11.5. The van der Waals surface area contributed by atoms with Crippen LogP contribution in [0.25, 0.3) is 0 Å². The van der Waals surface area contributed by atoms with Crippen LogP contribution in [0.1, 0.15) is 30.6 Å². The van der Waals surface area contributed by atoms with Gasteiger partial charge in [-0.05, 0) is 51.1 Å². The van der Waals surface area contributed by atoms with E-state index in [4.69, 9.17) is 4.74 Å². The van der Waals surface area contributed by atoms with E-state index in [1.807, 2.05) is 0 Å². The molecule has 24 heavy (non-hydrogen) atoms. The highest BCUT2D eigenvalue weighted by molar-refractivity contribution is 5.98. The van der Waals surface area contributed by atoms with E-state index >= 15 is 0 Å². The van der Waals surface area contributed by atoms with Gasteiger partial charge in [-0.15, -0.1) is 0 Å². The zero-order chi connectivity index (χ0) is 17.5. The Bertz CT molecular complexity index is 594. The summed E-state index contributed by atoms with van der Waals surface area (Å²) in [6, 6.07) is 5.84. The molecular weight excluding hydrogens is 310 g/mol. The van der Waals surface area contributed by atoms with Crippen LogP contribution in [0.4, 0.5) is 5.69 Å². The minimum atomic E-state index is -0.716. The van der Waals surface area contributed by atoms with Crippen LogP contribution >= 0.6 is 0 Å². The largest absolute Gasteiger partial charge is 0.464 e. The zero-order valence-corrected chi connectivity index (χ0v) is 13.9. The maximum absolute atomic E-state index is 12.1. The molecule has 1 aromatic rings. The molecular formula is C17H23N3O4. The van der Waals surface area contributed by atoms with Crippen molar-refractivity contribution in [3.8, 4) is 0 Å². The monoisotopic (exact) mass is 333 g/mol. The molecule has 2 amide bonds. The van der Waals surface area contributed by atoms with E-state index in [2.05, 4.69) is 16.0 Å². The number of hydrogen-bond donors (Lipinski definition) is 3. The van der Waals surface area contributed by atoms with Gasteiger partial charge in [-0.3, -0.25) is 9.59 Å². The molecule has 1 aromatic carbocycles. The molecule has 2 unspecified atom stereocenters. The molecule has 0 radical (unpaired) electrons. The fourth-order valence-corrected chi connectivity index (χ4v) is 2.43. The Labute approximate surface area is 141 Å². The molecule has 130 valence electrons. The summed E-state index contributed by atoms with van der Waals surface area (Å²) >= 11 is 0. The lowest BCUT2D eigenvalue weighted by Crippen LogP contribution is -2.39. The molecule has 1 fully saturated rings. The van der Waals surface area contributed by atoms with Crippen LogP contribution in [0.15, 0.2) is 24.3 Å². The SMILES string of the molecule is CCOC(=O)C(C)NC(=O)c1ccc(NC(=O)C2CCNC2)cc1. The Kier molecular flexibility index (Phi) is 6.31. The third-order valence-electron chi connectivity index (χ3n) is 3.83. The Morgan fingerprint density at radius 3 is 2.58 bits per heavy atom. The molecule has 2 atom stereocenters. The number of anilines is 1. The highest BCUT2D eigenvalue weighted by Gasteiger charge is 2.22. The first-order valence-electron chi connectivity index (χ1n) is 8.10. The van der Waals surface area contributed by atoms with Gasteiger partial charge in [0.15, 0.2) is 0 Å². The minimum absolute atomic E-state index is 0.0154. The van der Waals surface area contributed by atoms with Gasteiger partial charge in [-0.25, -0.2) is 4.79 Å². The van der Waals surface area contributed by atoms with Crippen molar-refractivity contribution in [2.45, 2.75) is 26.3 Å². The van der Waals surface area contributed by atoms with Gasteiger partial charge in [0.05, 0.1) is 12.5 Å². The summed E-state index contributed by atoms with van der Waals surface area (Å²) in [6.45, 7) is 5.10. The number of benzene rings is 1. The fraction of sp³-hybridized carbons (Fsp3) is 0.471. The second-order valence-corrected chi connectivity index (χ2v) is 5.70. The van der Waals surface area contributed by atoms with Gasteiger partial charge in [0, 0.05) is 17.8 Å². The van der Waals surface area contributed by atoms with Gasteiger partial charge >= 0.3 is 5.97 Å². The number of amides is 2. The second-order valence-electron chi connectivity index (χ2n) is 5.70. The van der Waals surface area contributed by atoms with Crippen molar-refractivity contribution in [1.29, 1.82) is 0 Å². The second kappa shape index (κ2) is 8.44. The van der Waals surface area contributed by atoms with Gasteiger partial charge in [-0.2, -0.15) is 0 Å². The normalized spacial score (nSPS) is 17.8. The average molecular weight is 333 g/mol. The molecule has 0 aliphatic carbocycles. The maximum atomic E-state index is 12.1. The molecule has 1 aliphatic heterocycles. The molecule has 0 aromatic heterocycles. The van der Waals surface area contributed by atoms with E-state index < -0.39 is 12.0 Å². The Balaban J connectivity index is 1.89. The quantitative estimate of drug-likeness (QED) is 0.673. The number of esters is 1. The van der Waals surface area contributed by atoms with E-state index in [0.29, 0.717) is 17.8 Å². The summed E-state index contributed by atoms with van der Waals surface area (Å²) in [6.07, 6.45) is 0.831. The van der Waals surface area contributed by atoms with E-state index in [9.17, 15) is 14.4 Å². The molecule has 7 heteroatoms. The zero-order valence-electron chi connectivity index (χ0n) is 13.9. The van der Waals surface area contributed by atoms with Crippen LogP contribution in [0.2, 0.25) is 0 Å². The highest BCUT2D eigenvalue weighted by atomic mass is 16.5. The maximum Gasteiger partial charge on any atom is 0.328 e. The van der Waals surface area contributed by atoms with Crippen molar-refractivity contribution < 1.29 is 19.1 Å². The third-order valence-corrected chi connectivity index (χ3v) is 3.83. The summed E-state index contributed by atoms with van der Waals surface area (Å²) in [5, 5.41) is 8.57. The summed E-state index contributed by atoms with van der Waals surface area (Å²) in [7, 11) is 0. The molecule has 1 aliphatic rings. The summed E-state index contributed by atoms with van der Waals surface area (Å²) < 4.78 is 4.85. The molecule has 0 bridgehead atoms. The van der Waals surface area contributed by atoms with E-state index in [1.54, 1.807) is 38.1 Å². The standard InChI is InChI=1S/C17H23N3O4/c1-3-24-17(23)11(2)19-15(21)12-4-6-14(7-5-12)20-16(22)13-8-9-18-10-13/h4-7,11,13,18H,3,8-10H2,1-2H3,(H,19,21)(H,20,22). The fourth-order valence-electron chi connectivity index (χ4n) is 2.43. The minimum Gasteiger partial charge on any atom is -0.464 e. The van der Waals surface area contributed by atoms with Crippen molar-refractivity contribution in [3.05, 3.63) is 29.8 Å². The van der Waals surface area contributed by atoms with Crippen molar-refractivity contribution >= 4 is 23.5 Å². The lowest BCUT2D eigenvalue weighted by atomic mass is 10.1. The summed E-state index contributed by atoms with van der Waals surface area (Å²) in [5.41, 5.74) is 1.05. The predicted molar refractivity (Wildman–Crippen MR) is 89.6 cm³/mol. The molecule has 1 saturated heterocycles. The molecule has 0 saturated carbocycles. The first kappa shape index (κ1) is 17.9. The van der Waals surface area contributed by atoms with Crippen LogP contribution in [0.3, 0.4) is 0 Å². The van der Waals surface area contributed by atoms with E-state index in [-0.39, 0.29) is 24.3 Å². The molecule has 7 nitrogen and oxygen atoms in total. The van der Waals surface area contributed by atoms with Crippen LogP contribution in [0.5, 0.6) is 0 Å². The van der Waals surface area contributed by atoms with Gasteiger partial charge in [0.1, 0.15) is 6.04 Å². The third kappa shape index (κ3) is 4.79. The van der Waals surface area contributed by atoms with E-state index in [1.165, 1.54) is 0 Å².